The van der Waals surface area contributed by atoms with Crippen LogP contribution >= 0.6 is 0 Å². The quantitative estimate of drug-likeness (QED) is 0.702. The van der Waals surface area contributed by atoms with E-state index in [9.17, 15) is 9.50 Å². The molecule has 1 aliphatic rings. The SMILES string of the molecule is OC(COc1ccc(F)cc1)CN1CCN(c2cccc3[nH]ccc23)CC1. The van der Waals surface area contributed by atoms with Crippen LogP contribution in [0.1, 0.15) is 0 Å². The molecule has 3 aromatic rings. The summed E-state index contributed by atoms with van der Waals surface area (Å²) in [5.74, 6) is 0.274. The largest absolute Gasteiger partial charge is 0.491 e. The first kappa shape index (κ1) is 17.8. The van der Waals surface area contributed by atoms with Crippen molar-refractivity contribution in [2.24, 2.45) is 0 Å². The molecule has 0 bridgehead atoms. The zero-order valence-corrected chi connectivity index (χ0v) is 15.1. The number of rotatable bonds is 6. The first-order valence-electron chi connectivity index (χ1n) is 9.29. The molecule has 142 valence electrons. The summed E-state index contributed by atoms with van der Waals surface area (Å²) < 4.78 is 18.4. The zero-order chi connectivity index (χ0) is 18.6. The topological polar surface area (TPSA) is 51.7 Å². The number of β-amino-alcohol motifs (C(OH)–C–C–N with tert-alkyl or cyclic N) is 1. The van der Waals surface area contributed by atoms with Gasteiger partial charge in [0.15, 0.2) is 0 Å². The van der Waals surface area contributed by atoms with E-state index >= 15 is 0 Å². The fraction of sp³-hybridized carbons (Fsp3) is 0.333. The lowest BCUT2D eigenvalue weighted by Gasteiger charge is -2.37. The number of ether oxygens (including phenoxy) is 1. The molecule has 0 amide bonds. The average Bonchev–Trinajstić information content (AvgIpc) is 3.17. The lowest BCUT2D eigenvalue weighted by molar-refractivity contribution is 0.0663. The molecule has 1 fully saturated rings. The normalized spacial score (nSPS) is 16.6. The van der Waals surface area contributed by atoms with Gasteiger partial charge in [0, 0.05) is 55.5 Å². The van der Waals surface area contributed by atoms with Gasteiger partial charge in [-0.1, -0.05) is 6.07 Å². The summed E-state index contributed by atoms with van der Waals surface area (Å²) in [5, 5.41) is 11.5. The van der Waals surface area contributed by atoms with E-state index in [1.54, 1.807) is 12.1 Å². The van der Waals surface area contributed by atoms with Gasteiger partial charge in [-0.3, -0.25) is 4.90 Å². The van der Waals surface area contributed by atoms with Crippen molar-refractivity contribution in [1.29, 1.82) is 0 Å². The molecule has 1 aliphatic heterocycles. The number of benzene rings is 2. The molecular weight excluding hydrogens is 345 g/mol. The summed E-state index contributed by atoms with van der Waals surface area (Å²) in [6, 6.07) is 14.3. The summed E-state index contributed by atoms with van der Waals surface area (Å²) in [7, 11) is 0. The third-order valence-electron chi connectivity index (χ3n) is 5.01. The molecule has 1 unspecified atom stereocenters. The molecule has 0 spiro atoms. The highest BCUT2D eigenvalue weighted by atomic mass is 19.1. The van der Waals surface area contributed by atoms with E-state index < -0.39 is 6.10 Å². The number of aliphatic hydroxyl groups excluding tert-OH is 1. The highest BCUT2D eigenvalue weighted by Gasteiger charge is 2.21. The third-order valence-corrected chi connectivity index (χ3v) is 5.01. The van der Waals surface area contributed by atoms with E-state index in [-0.39, 0.29) is 12.4 Å². The van der Waals surface area contributed by atoms with Crippen LogP contribution in [0.5, 0.6) is 5.75 Å². The molecule has 2 heterocycles. The van der Waals surface area contributed by atoms with Gasteiger partial charge in [0.1, 0.15) is 24.3 Å². The van der Waals surface area contributed by atoms with Gasteiger partial charge >= 0.3 is 0 Å². The maximum Gasteiger partial charge on any atom is 0.123 e. The standard InChI is InChI=1S/C21H24FN3O2/c22-16-4-6-18(7-5-16)27-15-17(26)14-24-10-12-25(13-11-24)21-3-1-2-20-19(21)8-9-23-20/h1-9,17,23,26H,10-15H2. The Hall–Kier alpha value is -2.57. The summed E-state index contributed by atoms with van der Waals surface area (Å²) >= 11 is 0. The van der Waals surface area contributed by atoms with E-state index in [4.69, 9.17) is 4.74 Å². The van der Waals surface area contributed by atoms with Crippen molar-refractivity contribution in [2.45, 2.75) is 6.10 Å². The van der Waals surface area contributed by atoms with Gasteiger partial charge in [-0.15, -0.1) is 0 Å². The van der Waals surface area contributed by atoms with Crippen molar-refractivity contribution in [1.82, 2.24) is 9.88 Å². The average molecular weight is 369 g/mol. The number of H-pyrrole nitrogens is 1. The number of aromatic nitrogens is 1. The summed E-state index contributed by atoms with van der Waals surface area (Å²) in [5.41, 5.74) is 2.41. The highest BCUT2D eigenvalue weighted by Crippen LogP contribution is 2.27. The molecule has 4 rings (SSSR count). The number of hydrogen-bond acceptors (Lipinski definition) is 4. The maximum absolute atomic E-state index is 12.9. The van der Waals surface area contributed by atoms with Crippen molar-refractivity contribution >= 4 is 16.6 Å². The van der Waals surface area contributed by atoms with Crippen LogP contribution in [-0.4, -0.2) is 60.4 Å². The smallest absolute Gasteiger partial charge is 0.123 e. The Morgan fingerprint density at radius 2 is 1.81 bits per heavy atom. The number of fused-ring (bicyclic) bond motifs is 1. The molecule has 2 N–H and O–H groups in total. The van der Waals surface area contributed by atoms with Crippen LogP contribution in [0, 0.1) is 5.82 Å². The van der Waals surface area contributed by atoms with Crippen LogP contribution in [-0.2, 0) is 0 Å². The number of hydrogen-bond donors (Lipinski definition) is 2. The molecule has 6 heteroatoms. The van der Waals surface area contributed by atoms with E-state index in [0.717, 1.165) is 31.7 Å². The van der Waals surface area contributed by atoms with Crippen molar-refractivity contribution in [3.05, 3.63) is 60.5 Å². The molecule has 1 aromatic heterocycles. The molecule has 1 saturated heterocycles. The molecule has 2 aromatic carbocycles. The minimum absolute atomic E-state index is 0.203. The van der Waals surface area contributed by atoms with Crippen LogP contribution in [0.4, 0.5) is 10.1 Å². The van der Waals surface area contributed by atoms with Crippen LogP contribution in [0.25, 0.3) is 10.9 Å². The van der Waals surface area contributed by atoms with Gasteiger partial charge < -0.3 is 19.7 Å². The number of nitrogens with one attached hydrogen (secondary N) is 1. The maximum atomic E-state index is 12.9. The molecule has 1 atom stereocenters. The zero-order valence-electron chi connectivity index (χ0n) is 15.1. The molecule has 0 radical (unpaired) electrons. The Labute approximate surface area is 158 Å². The second kappa shape index (κ2) is 7.98. The number of nitrogens with zero attached hydrogens (tertiary/aromatic N) is 2. The fourth-order valence-electron chi connectivity index (χ4n) is 3.59. The Kier molecular flexibility index (Phi) is 5.27. The lowest BCUT2D eigenvalue weighted by atomic mass is 10.1. The van der Waals surface area contributed by atoms with Crippen molar-refractivity contribution in [3.8, 4) is 5.75 Å². The van der Waals surface area contributed by atoms with Gasteiger partial charge in [-0.25, -0.2) is 4.39 Å². The molecule has 27 heavy (non-hydrogen) atoms. The molecule has 0 aliphatic carbocycles. The van der Waals surface area contributed by atoms with Crippen LogP contribution < -0.4 is 9.64 Å². The summed E-state index contributed by atoms with van der Waals surface area (Å²) in [6.45, 7) is 4.42. The van der Waals surface area contributed by atoms with Gasteiger partial charge in [0.2, 0.25) is 0 Å². The molecule has 0 saturated carbocycles. The predicted molar refractivity (Wildman–Crippen MR) is 105 cm³/mol. The van der Waals surface area contributed by atoms with E-state index in [0.29, 0.717) is 12.3 Å². The van der Waals surface area contributed by atoms with Crippen molar-refractivity contribution < 1.29 is 14.2 Å². The summed E-state index contributed by atoms with van der Waals surface area (Å²) in [4.78, 5) is 7.91. The Balaban J connectivity index is 1.26. The van der Waals surface area contributed by atoms with Crippen LogP contribution in [0.15, 0.2) is 54.7 Å². The van der Waals surface area contributed by atoms with Gasteiger partial charge in [0.05, 0.1) is 0 Å². The highest BCUT2D eigenvalue weighted by molar-refractivity contribution is 5.92. The van der Waals surface area contributed by atoms with E-state index in [2.05, 4.69) is 39.0 Å². The third kappa shape index (κ3) is 4.23. The summed E-state index contributed by atoms with van der Waals surface area (Å²) in [6.07, 6.45) is 1.40. The van der Waals surface area contributed by atoms with Gasteiger partial charge in [-0.05, 0) is 42.5 Å². The number of aromatic amines is 1. The number of anilines is 1. The molecular formula is C21H24FN3O2. The van der Waals surface area contributed by atoms with Crippen molar-refractivity contribution in [2.75, 3.05) is 44.2 Å². The number of piperazine rings is 1. The number of aliphatic hydroxyl groups is 1. The minimum atomic E-state index is -0.574. The van der Waals surface area contributed by atoms with Crippen molar-refractivity contribution in [3.63, 3.8) is 0 Å². The monoisotopic (exact) mass is 369 g/mol. The lowest BCUT2D eigenvalue weighted by Crippen LogP contribution is -2.49. The second-order valence-corrected chi connectivity index (χ2v) is 6.92. The molecule has 5 nitrogen and oxygen atoms in total. The Bertz CT molecular complexity index is 873. The minimum Gasteiger partial charge on any atom is -0.491 e. The number of halogens is 1. The fourth-order valence-corrected chi connectivity index (χ4v) is 3.59. The van der Waals surface area contributed by atoms with E-state index in [1.165, 1.54) is 23.2 Å². The van der Waals surface area contributed by atoms with Crippen LogP contribution in [0.2, 0.25) is 0 Å². The van der Waals surface area contributed by atoms with Crippen LogP contribution in [0.3, 0.4) is 0 Å². The van der Waals surface area contributed by atoms with Gasteiger partial charge in [-0.2, -0.15) is 0 Å². The van der Waals surface area contributed by atoms with E-state index in [1.807, 2.05) is 6.20 Å². The van der Waals surface area contributed by atoms with Gasteiger partial charge in [0.25, 0.3) is 0 Å². The first-order chi connectivity index (χ1) is 13.2. The predicted octanol–water partition coefficient (Wildman–Crippen LogP) is 2.87. The Morgan fingerprint density at radius 3 is 2.59 bits per heavy atom. The Morgan fingerprint density at radius 1 is 1.04 bits per heavy atom. The second-order valence-electron chi connectivity index (χ2n) is 6.92. The first-order valence-corrected chi connectivity index (χ1v) is 9.29.